The molecule has 0 amide bonds. The molecule has 0 saturated carbocycles. The molecule has 5 heteroatoms. The molecule has 2 aliphatic heterocycles. The summed E-state index contributed by atoms with van der Waals surface area (Å²) < 4.78 is 0. The van der Waals surface area contributed by atoms with Gasteiger partial charge < -0.3 is 14.7 Å². The van der Waals surface area contributed by atoms with Gasteiger partial charge in [-0.1, -0.05) is 13.8 Å². The molecule has 0 aromatic carbocycles. The van der Waals surface area contributed by atoms with E-state index in [0.29, 0.717) is 6.04 Å². The largest absolute Gasteiger partial charge is 0.353 e. The molecule has 1 aromatic heterocycles. The number of piperazine rings is 1. The van der Waals surface area contributed by atoms with Crippen LogP contribution in [0.4, 0.5) is 11.8 Å². The Kier molecular flexibility index (Phi) is 5.13. The normalized spacial score (nSPS) is 23.8. The van der Waals surface area contributed by atoms with Crippen molar-refractivity contribution in [2.45, 2.75) is 45.6 Å². The predicted octanol–water partition coefficient (Wildman–Crippen LogP) is 2.39. The third kappa shape index (κ3) is 3.35. The van der Waals surface area contributed by atoms with Crippen molar-refractivity contribution in [1.82, 2.24) is 14.9 Å². The topological polar surface area (TPSA) is 35.5 Å². The SMILES string of the molecule is CCC1CCCCN1c1ccnc(N2CCN(CC)CC2)n1. The Morgan fingerprint density at radius 3 is 2.64 bits per heavy atom. The summed E-state index contributed by atoms with van der Waals surface area (Å²) in [7, 11) is 0. The van der Waals surface area contributed by atoms with Crippen molar-refractivity contribution in [3.8, 4) is 0 Å². The molecular weight excluding hydrogens is 274 g/mol. The average Bonchev–Trinajstić information content (AvgIpc) is 2.62. The first-order chi connectivity index (χ1) is 10.8. The number of anilines is 2. The average molecular weight is 303 g/mol. The lowest BCUT2D eigenvalue weighted by Crippen LogP contribution is -2.47. The molecule has 2 aliphatic rings. The summed E-state index contributed by atoms with van der Waals surface area (Å²) in [6.45, 7) is 11.1. The summed E-state index contributed by atoms with van der Waals surface area (Å²) >= 11 is 0. The molecule has 3 heterocycles. The number of nitrogens with zero attached hydrogens (tertiary/aromatic N) is 5. The zero-order chi connectivity index (χ0) is 15.4. The molecule has 2 fully saturated rings. The fourth-order valence-electron chi connectivity index (χ4n) is 3.64. The van der Waals surface area contributed by atoms with Crippen LogP contribution in [-0.4, -0.2) is 60.2 Å². The van der Waals surface area contributed by atoms with Crippen molar-refractivity contribution in [2.24, 2.45) is 0 Å². The van der Waals surface area contributed by atoms with Crippen LogP contribution < -0.4 is 9.80 Å². The van der Waals surface area contributed by atoms with Gasteiger partial charge in [0.2, 0.25) is 5.95 Å². The van der Waals surface area contributed by atoms with Gasteiger partial charge in [-0.05, 0) is 38.3 Å². The monoisotopic (exact) mass is 303 g/mol. The maximum atomic E-state index is 4.89. The van der Waals surface area contributed by atoms with Crippen LogP contribution in [0.15, 0.2) is 12.3 Å². The van der Waals surface area contributed by atoms with Crippen molar-refractivity contribution in [3.63, 3.8) is 0 Å². The second-order valence-electron chi connectivity index (χ2n) is 6.39. The molecule has 0 radical (unpaired) electrons. The van der Waals surface area contributed by atoms with E-state index >= 15 is 0 Å². The lowest BCUT2D eigenvalue weighted by molar-refractivity contribution is 0.270. The standard InChI is InChI=1S/C17H29N5/c1-3-15-7-5-6-10-22(15)16-8-9-18-17(19-16)21-13-11-20(4-2)12-14-21/h8-9,15H,3-7,10-14H2,1-2H3. The van der Waals surface area contributed by atoms with Gasteiger partial charge in [-0.25, -0.2) is 4.98 Å². The Hall–Kier alpha value is -1.36. The number of hydrogen-bond donors (Lipinski definition) is 0. The van der Waals surface area contributed by atoms with Crippen LogP contribution in [0.3, 0.4) is 0 Å². The first-order valence-corrected chi connectivity index (χ1v) is 8.88. The Morgan fingerprint density at radius 2 is 1.91 bits per heavy atom. The van der Waals surface area contributed by atoms with Gasteiger partial charge in [0.15, 0.2) is 0 Å². The second-order valence-corrected chi connectivity index (χ2v) is 6.39. The first-order valence-electron chi connectivity index (χ1n) is 8.88. The molecule has 1 aromatic rings. The maximum absolute atomic E-state index is 4.89. The number of likely N-dealkylation sites (N-methyl/N-ethyl adjacent to an activating group) is 1. The highest BCUT2D eigenvalue weighted by atomic mass is 15.3. The lowest BCUT2D eigenvalue weighted by atomic mass is 10.0. The molecular formula is C17H29N5. The van der Waals surface area contributed by atoms with Crippen molar-refractivity contribution in [2.75, 3.05) is 49.1 Å². The molecule has 0 bridgehead atoms. The van der Waals surface area contributed by atoms with Crippen molar-refractivity contribution in [1.29, 1.82) is 0 Å². The highest BCUT2D eigenvalue weighted by Gasteiger charge is 2.23. The highest BCUT2D eigenvalue weighted by molar-refractivity contribution is 5.45. The molecule has 2 saturated heterocycles. The van der Waals surface area contributed by atoms with Gasteiger partial charge in [-0.15, -0.1) is 0 Å². The highest BCUT2D eigenvalue weighted by Crippen LogP contribution is 2.26. The van der Waals surface area contributed by atoms with Crippen LogP contribution in [-0.2, 0) is 0 Å². The Bertz CT molecular complexity index is 470. The fourth-order valence-corrected chi connectivity index (χ4v) is 3.64. The van der Waals surface area contributed by atoms with Crippen LogP contribution in [0.2, 0.25) is 0 Å². The van der Waals surface area contributed by atoms with Gasteiger partial charge in [0, 0.05) is 45.0 Å². The Labute approximate surface area is 134 Å². The number of piperidine rings is 1. The van der Waals surface area contributed by atoms with Gasteiger partial charge in [-0.3, -0.25) is 0 Å². The van der Waals surface area contributed by atoms with Gasteiger partial charge in [0.05, 0.1) is 0 Å². The fraction of sp³-hybridized carbons (Fsp3) is 0.765. The molecule has 0 spiro atoms. The van der Waals surface area contributed by atoms with E-state index in [2.05, 4.69) is 39.6 Å². The molecule has 5 nitrogen and oxygen atoms in total. The summed E-state index contributed by atoms with van der Waals surface area (Å²) in [5.74, 6) is 2.03. The van der Waals surface area contributed by atoms with Crippen molar-refractivity contribution in [3.05, 3.63) is 12.3 Å². The van der Waals surface area contributed by atoms with E-state index in [1.54, 1.807) is 0 Å². The van der Waals surface area contributed by atoms with Gasteiger partial charge in [0.25, 0.3) is 0 Å². The van der Waals surface area contributed by atoms with Crippen LogP contribution in [0.5, 0.6) is 0 Å². The molecule has 122 valence electrons. The number of rotatable bonds is 4. The van der Waals surface area contributed by atoms with E-state index in [0.717, 1.165) is 51.0 Å². The summed E-state index contributed by atoms with van der Waals surface area (Å²) in [4.78, 5) is 16.7. The molecule has 0 aliphatic carbocycles. The Morgan fingerprint density at radius 1 is 1.09 bits per heavy atom. The number of hydrogen-bond acceptors (Lipinski definition) is 5. The lowest BCUT2D eigenvalue weighted by Gasteiger charge is -2.37. The summed E-state index contributed by atoms with van der Waals surface area (Å²) in [5, 5.41) is 0. The quantitative estimate of drug-likeness (QED) is 0.853. The maximum Gasteiger partial charge on any atom is 0.227 e. The minimum Gasteiger partial charge on any atom is -0.353 e. The van der Waals surface area contributed by atoms with Gasteiger partial charge >= 0.3 is 0 Å². The third-order valence-electron chi connectivity index (χ3n) is 5.12. The van der Waals surface area contributed by atoms with E-state index in [1.807, 2.05) is 6.20 Å². The van der Waals surface area contributed by atoms with Crippen molar-refractivity contribution >= 4 is 11.8 Å². The van der Waals surface area contributed by atoms with E-state index in [-0.39, 0.29) is 0 Å². The Balaban J connectivity index is 1.72. The van der Waals surface area contributed by atoms with E-state index in [4.69, 9.17) is 4.98 Å². The van der Waals surface area contributed by atoms with Gasteiger partial charge in [0.1, 0.15) is 5.82 Å². The van der Waals surface area contributed by atoms with Crippen LogP contribution in [0.1, 0.15) is 39.5 Å². The zero-order valence-electron chi connectivity index (χ0n) is 14.0. The summed E-state index contributed by atoms with van der Waals surface area (Å²) in [6.07, 6.45) is 7.07. The number of aromatic nitrogens is 2. The predicted molar refractivity (Wildman–Crippen MR) is 91.6 cm³/mol. The smallest absolute Gasteiger partial charge is 0.227 e. The first kappa shape index (κ1) is 15.5. The van der Waals surface area contributed by atoms with Gasteiger partial charge in [-0.2, -0.15) is 4.98 Å². The molecule has 22 heavy (non-hydrogen) atoms. The second kappa shape index (κ2) is 7.27. The van der Waals surface area contributed by atoms with Crippen LogP contribution in [0, 0.1) is 0 Å². The zero-order valence-corrected chi connectivity index (χ0v) is 14.0. The minimum atomic E-state index is 0.647. The molecule has 0 N–H and O–H groups in total. The van der Waals surface area contributed by atoms with E-state index < -0.39 is 0 Å². The summed E-state index contributed by atoms with van der Waals surface area (Å²) in [5.41, 5.74) is 0. The summed E-state index contributed by atoms with van der Waals surface area (Å²) in [6, 6.07) is 2.73. The van der Waals surface area contributed by atoms with E-state index in [9.17, 15) is 0 Å². The minimum absolute atomic E-state index is 0.647. The van der Waals surface area contributed by atoms with E-state index in [1.165, 1.54) is 25.7 Å². The molecule has 1 unspecified atom stereocenters. The van der Waals surface area contributed by atoms with Crippen molar-refractivity contribution < 1.29 is 0 Å². The van der Waals surface area contributed by atoms with Crippen LogP contribution >= 0.6 is 0 Å². The third-order valence-corrected chi connectivity index (χ3v) is 5.12. The van der Waals surface area contributed by atoms with Crippen LogP contribution in [0.25, 0.3) is 0 Å². The molecule has 3 rings (SSSR count). The molecule has 1 atom stereocenters.